The predicted molar refractivity (Wildman–Crippen MR) is 117 cm³/mol. The fraction of sp³-hybridized carbons (Fsp3) is 0.435. The lowest BCUT2D eigenvalue weighted by atomic mass is 10.0. The molecule has 0 saturated carbocycles. The van der Waals surface area contributed by atoms with Crippen LogP contribution in [0.25, 0.3) is 11.0 Å². The number of rotatable bonds is 3. The number of piperazine rings is 1. The van der Waals surface area contributed by atoms with Crippen LogP contribution in [0.15, 0.2) is 47.1 Å². The van der Waals surface area contributed by atoms with E-state index in [2.05, 4.69) is 50.8 Å². The third kappa shape index (κ3) is 3.83. The normalized spacial score (nSPS) is 20.4. The number of nitrogens with zero attached hydrogens (tertiary/aromatic N) is 5. The minimum atomic E-state index is -0.00871. The van der Waals surface area contributed by atoms with Gasteiger partial charge in [0.25, 0.3) is 5.91 Å². The summed E-state index contributed by atoms with van der Waals surface area (Å²) < 4.78 is 4.62. The van der Waals surface area contributed by atoms with Gasteiger partial charge in [-0.05, 0) is 48.4 Å². The number of amides is 1. The molecule has 2 aliphatic heterocycles. The average molecular weight is 422 g/mol. The molecule has 3 heterocycles. The van der Waals surface area contributed by atoms with Crippen molar-refractivity contribution in [3.63, 3.8) is 0 Å². The maximum atomic E-state index is 13.1. The highest BCUT2D eigenvalue weighted by atomic mass is 16.8. The van der Waals surface area contributed by atoms with E-state index in [4.69, 9.17) is 0 Å². The molecule has 2 fully saturated rings. The third-order valence-corrected chi connectivity index (χ3v) is 6.60. The van der Waals surface area contributed by atoms with Crippen molar-refractivity contribution < 1.29 is 14.3 Å². The number of hydrogen-bond donors (Lipinski definition) is 0. The van der Waals surface area contributed by atoms with Crippen molar-refractivity contribution in [1.29, 1.82) is 0 Å². The van der Waals surface area contributed by atoms with Gasteiger partial charge >= 0.3 is 0 Å². The molecule has 1 atom stereocenters. The van der Waals surface area contributed by atoms with Crippen LogP contribution in [0.1, 0.15) is 28.8 Å². The summed E-state index contributed by atoms with van der Waals surface area (Å²) >= 11 is 0. The third-order valence-electron chi connectivity index (χ3n) is 6.60. The zero-order valence-corrected chi connectivity index (χ0v) is 17.7. The summed E-state index contributed by atoms with van der Waals surface area (Å²) in [6.45, 7) is 7.70. The first-order chi connectivity index (χ1) is 15.1. The SMILES string of the molecule is Cc1ccccc1N1CCN(C2CCCN(C(=O)c3ccc4c(c3)no[n+]4[O-])C2)CC1. The number of carbonyl (C=O) groups excluding carboxylic acids is 1. The lowest BCUT2D eigenvalue weighted by Gasteiger charge is -2.44. The van der Waals surface area contributed by atoms with E-state index in [1.54, 1.807) is 18.2 Å². The molecule has 1 aromatic heterocycles. The van der Waals surface area contributed by atoms with Crippen LogP contribution in [0.5, 0.6) is 0 Å². The second-order valence-corrected chi connectivity index (χ2v) is 8.49. The standard InChI is InChI=1S/C23H27N5O3/c1-17-5-2-3-7-21(17)26-13-11-25(12-14-26)19-6-4-10-27(16-19)23(29)18-8-9-22-20(15-18)24-31-28(22)30/h2-3,5,7-9,15,19H,4,6,10-14,16H2,1H3. The van der Waals surface area contributed by atoms with Crippen molar-refractivity contribution in [2.24, 2.45) is 0 Å². The number of aryl methyl sites for hydroxylation is 1. The van der Waals surface area contributed by atoms with Crippen LogP contribution in [0.4, 0.5) is 5.69 Å². The highest BCUT2D eigenvalue weighted by molar-refractivity contribution is 5.97. The van der Waals surface area contributed by atoms with Crippen molar-refractivity contribution in [3.05, 3.63) is 58.8 Å². The Hall–Kier alpha value is -3.13. The molecule has 2 saturated heterocycles. The highest BCUT2D eigenvalue weighted by Gasteiger charge is 2.31. The molecule has 8 nitrogen and oxygen atoms in total. The molecule has 5 rings (SSSR count). The second-order valence-electron chi connectivity index (χ2n) is 8.49. The molecule has 1 unspecified atom stereocenters. The van der Waals surface area contributed by atoms with E-state index in [9.17, 15) is 10.0 Å². The number of carbonyl (C=O) groups is 1. The largest absolute Gasteiger partial charge is 0.369 e. The maximum Gasteiger partial charge on any atom is 0.254 e. The molecule has 0 bridgehead atoms. The number of benzene rings is 2. The van der Waals surface area contributed by atoms with Crippen LogP contribution in [0.2, 0.25) is 0 Å². The number of piperidine rings is 1. The number of hydrogen-bond acceptors (Lipinski definition) is 6. The quantitative estimate of drug-likeness (QED) is 0.603. The Morgan fingerprint density at radius 1 is 1.13 bits per heavy atom. The molecule has 3 aromatic rings. The van der Waals surface area contributed by atoms with Crippen LogP contribution < -0.4 is 9.80 Å². The smallest absolute Gasteiger partial charge is 0.254 e. The Balaban J connectivity index is 1.23. The summed E-state index contributed by atoms with van der Waals surface area (Å²) in [5.41, 5.74) is 3.93. The van der Waals surface area contributed by atoms with Crippen molar-refractivity contribution in [1.82, 2.24) is 15.0 Å². The average Bonchev–Trinajstić information content (AvgIpc) is 3.19. The van der Waals surface area contributed by atoms with Crippen molar-refractivity contribution in [2.75, 3.05) is 44.2 Å². The summed E-state index contributed by atoms with van der Waals surface area (Å²) in [5.74, 6) is -0.00871. The zero-order chi connectivity index (χ0) is 21.4. The van der Waals surface area contributed by atoms with Gasteiger partial charge in [0.05, 0.1) is 0 Å². The maximum absolute atomic E-state index is 13.1. The van der Waals surface area contributed by atoms with Crippen molar-refractivity contribution in [2.45, 2.75) is 25.8 Å². The lowest BCUT2D eigenvalue weighted by Crippen LogP contribution is -2.56. The molecule has 1 amide bonds. The Kier molecular flexibility index (Phi) is 5.23. The summed E-state index contributed by atoms with van der Waals surface area (Å²) in [6.07, 6.45) is 2.12. The topological polar surface area (TPSA) is 79.8 Å². The molecule has 31 heavy (non-hydrogen) atoms. The molecule has 0 radical (unpaired) electrons. The van der Waals surface area contributed by atoms with Gasteiger partial charge in [-0.2, -0.15) is 0 Å². The molecule has 162 valence electrons. The van der Waals surface area contributed by atoms with Crippen LogP contribution in [-0.4, -0.2) is 66.2 Å². The fourth-order valence-corrected chi connectivity index (χ4v) is 4.88. The van der Waals surface area contributed by atoms with E-state index in [-0.39, 0.29) is 5.91 Å². The van der Waals surface area contributed by atoms with Gasteiger partial charge in [-0.1, -0.05) is 18.2 Å². The molecule has 8 heteroatoms. The Bertz CT molecular complexity index is 1090. The number of anilines is 1. The summed E-state index contributed by atoms with van der Waals surface area (Å²) in [5, 5.41) is 15.2. The molecular formula is C23H27N5O3. The van der Waals surface area contributed by atoms with E-state index in [0.717, 1.165) is 52.1 Å². The number of aromatic nitrogens is 2. The molecule has 0 N–H and O–H groups in total. The molecule has 2 aliphatic rings. The van der Waals surface area contributed by atoms with Gasteiger partial charge < -0.3 is 15.0 Å². The fourth-order valence-electron chi connectivity index (χ4n) is 4.88. The summed E-state index contributed by atoms with van der Waals surface area (Å²) in [7, 11) is 0. The molecule has 0 spiro atoms. The van der Waals surface area contributed by atoms with Crippen LogP contribution in [0, 0.1) is 12.1 Å². The van der Waals surface area contributed by atoms with Crippen LogP contribution >= 0.6 is 0 Å². The highest BCUT2D eigenvalue weighted by Crippen LogP contribution is 2.24. The van der Waals surface area contributed by atoms with Gasteiger partial charge in [0.1, 0.15) is 0 Å². The summed E-state index contributed by atoms with van der Waals surface area (Å²) in [4.78, 5) is 20.4. The number of fused-ring (bicyclic) bond motifs is 1. The molecule has 0 aliphatic carbocycles. The van der Waals surface area contributed by atoms with Crippen molar-refractivity contribution >= 4 is 22.6 Å². The van der Waals surface area contributed by atoms with E-state index < -0.39 is 0 Å². The minimum absolute atomic E-state index is 0.00871. The lowest BCUT2D eigenvalue weighted by molar-refractivity contribution is -0.782. The Labute approximate surface area is 181 Å². The van der Waals surface area contributed by atoms with E-state index in [1.807, 2.05) is 4.90 Å². The van der Waals surface area contributed by atoms with Gasteiger partial charge in [-0.15, -0.1) is 0 Å². The van der Waals surface area contributed by atoms with E-state index in [1.165, 1.54) is 11.3 Å². The van der Waals surface area contributed by atoms with Gasteiger partial charge in [0.15, 0.2) is 0 Å². The number of para-hydroxylation sites is 1. The zero-order valence-electron chi connectivity index (χ0n) is 17.7. The summed E-state index contributed by atoms with van der Waals surface area (Å²) in [6, 6.07) is 13.9. The number of likely N-dealkylation sites (tertiary alicyclic amines) is 1. The van der Waals surface area contributed by atoms with Crippen LogP contribution in [-0.2, 0) is 0 Å². The Morgan fingerprint density at radius 3 is 2.74 bits per heavy atom. The van der Waals surface area contributed by atoms with E-state index >= 15 is 0 Å². The second kappa shape index (κ2) is 8.19. The van der Waals surface area contributed by atoms with E-state index in [0.29, 0.717) is 27.5 Å². The first kappa shape index (κ1) is 19.8. The first-order valence-corrected chi connectivity index (χ1v) is 10.9. The molecular weight excluding hydrogens is 394 g/mol. The van der Waals surface area contributed by atoms with Gasteiger partial charge in [0, 0.05) is 67.8 Å². The first-order valence-electron chi connectivity index (χ1n) is 10.9. The van der Waals surface area contributed by atoms with Gasteiger partial charge in [-0.3, -0.25) is 14.3 Å². The molecule has 2 aromatic carbocycles. The predicted octanol–water partition coefficient (Wildman–Crippen LogP) is 2.20. The Morgan fingerprint density at radius 2 is 1.94 bits per heavy atom. The van der Waals surface area contributed by atoms with Gasteiger partial charge in [-0.25, -0.2) is 0 Å². The van der Waals surface area contributed by atoms with Crippen molar-refractivity contribution in [3.8, 4) is 0 Å². The monoisotopic (exact) mass is 421 g/mol. The minimum Gasteiger partial charge on any atom is -0.369 e. The van der Waals surface area contributed by atoms with Gasteiger partial charge in [0.2, 0.25) is 11.0 Å². The van der Waals surface area contributed by atoms with Crippen LogP contribution in [0.3, 0.4) is 0 Å².